The first-order chi connectivity index (χ1) is 52.0. The van der Waals surface area contributed by atoms with E-state index in [-0.39, 0.29) is 0 Å². The van der Waals surface area contributed by atoms with Crippen LogP contribution >= 0.6 is 0 Å². The first kappa shape index (κ1) is 65.7. The predicted octanol–water partition coefficient (Wildman–Crippen LogP) is 25.2. The summed E-state index contributed by atoms with van der Waals surface area (Å²) >= 11 is 0. The van der Waals surface area contributed by atoms with Gasteiger partial charge in [-0.25, -0.2) is 29.9 Å². The lowest BCUT2D eigenvalue weighted by Crippen LogP contribution is -1.96. The van der Waals surface area contributed by atoms with Crippen molar-refractivity contribution in [3.63, 3.8) is 0 Å². The Morgan fingerprint density at radius 3 is 0.802 bits per heavy atom. The van der Waals surface area contributed by atoms with E-state index < -0.39 is 0 Å². The number of benzene rings is 12. The SMILES string of the molecule is Cc1cc(-c2ccc(-c3ccc(-c4cc(-c5ccc(-c6ccccc6)cc5)nc(-c5ccccc5)n4)cc3)cc2)nc2c1ccc1ccc(C(C)C)nc12.Cc1ccc2ccc3c(C)cc(-c4ccc(-c5ccc(-c6cc(-c7ccccc7)nc(-c7ccc(-c8ccccc8)cc7)n6)cc5)cc4)nc3c2n1. The molecular weight excluding hydrogens is 1290 g/mol. The molecule has 0 aliphatic carbocycles. The minimum absolute atomic E-state index is 0.351. The summed E-state index contributed by atoms with van der Waals surface area (Å²) in [5.41, 5.74) is 31.3. The summed E-state index contributed by atoms with van der Waals surface area (Å²) in [4.78, 5) is 40.4. The van der Waals surface area contributed by atoms with Gasteiger partial charge in [0.2, 0.25) is 0 Å². The zero-order valence-electron chi connectivity index (χ0n) is 59.5. The fraction of sp³-hybridized carbons (Fsp3) is 0.0612. The zero-order valence-corrected chi connectivity index (χ0v) is 59.5. The Kier molecular flexibility index (Phi) is 17.8. The average molecular weight is 1360 g/mol. The van der Waals surface area contributed by atoms with Gasteiger partial charge in [-0.3, -0.25) is 9.97 Å². The molecule has 8 heteroatoms. The van der Waals surface area contributed by atoms with Gasteiger partial charge in [0.15, 0.2) is 11.6 Å². The van der Waals surface area contributed by atoms with E-state index in [1.54, 1.807) is 0 Å². The van der Waals surface area contributed by atoms with Gasteiger partial charge in [-0.15, -0.1) is 0 Å². The average Bonchev–Trinajstić information content (AvgIpc) is 0.768. The highest BCUT2D eigenvalue weighted by Gasteiger charge is 2.18. The van der Waals surface area contributed by atoms with Crippen LogP contribution in [0.3, 0.4) is 0 Å². The molecule has 0 amide bonds. The largest absolute Gasteiger partial charge is 0.251 e. The Balaban J connectivity index is 0.000000156. The fourth-order valence-electron chi connectivity index (χ4n) is 14.0. The van der Waals surface area contributed by atoms with Crippen LogP contribution in [-0.4, -0.2) is 39.9 Å². The van der Waals surface area contributed by atoms with Crippen LogP contribution in [0.25, 0.3) is 178 Å². The molecule has 0 N–H and O–H groups in total. The van der Waals surface area contributed by atoms with E-state index in [2.05, 4.69) is 319 Å². The molecule has 0 bridgehead atoms. The van der Waals surface area contributed by atoms with Gasteiger partial charge in [0.1, 0.15) is 0 Å². The van der Waals surface area contributed by atoms with Crippen LogP contribution in [0.1, 0.15) is 42.3 Å². The molecule has 0 aliphatic rings. The molecule has 0 aliphatic heterocycles. The maximum atomic E-state index is 5.18. The van der Waals surface area contributed by atoms with Crippen molar-refractivity contribution in [2.75, 3.05) is 0 Å². The second-order valence-electron chi connectivity index (χ2n) is 27.4. The smallest absolute Gasteiger partial charge is 0.160 e. The minimum Gasteiger partial charge on any atom is -0.251 e. The molecule has 0 atom stereocenters. The molecule has 6 heterocycles. The fourth-order valence-corrected chi connectivity index (χ4v) is 14.0. The third kappa shape index (κ3) is 13.6. The van der Waals surface area contributed by atoms with Gasteiger partial charge >= 0.3 is 0 Å². The normalized spacial score (nSPS) is 11.3. The molecule has 18 aromatic rings. The van der Waals surface area contributed by atoms with E-state index in [1.807, 2.05) is 55.5 Å². The summed E-state index contributed by atoms with van der Waals surface area (Å²) in [7, 11) is 0. The lowest BCUT2D eigenvalue weighted by molar-refractivity contribution is 0.830. The van der Waals surface area contributed by atoms with Gasteiger partial charge in [-0.1, -0.05) is 317 Å². The lowest BCUT2D eigenvalue weighted by atomic mass is 9.98. The Labute approximate surface area is 617 Å². The van der Waals surface area contributed by atoms with E-state index >= 15 is 0 Å². The second-order valence-corrected chi connectivity index (χ2v) is 27.4. The van der Waals surface area contributed by atoms with Gasteiger partial charge in [0.25, 0.3) is 0 Å². The molecule has 8 nitrogen and oxygen atoms in total. The van der Waals surface area contributed by atoms with Crippen molar-refractivity contribution in [3.05, 3.63) is 362 Å². The number of fused-ring (bicyclic) bond motifs is 6. The van der Waals surface area contributed by atoms with Gasteiger partial charge in [-0.05, 0) is 119 Å². The Morgan fingerprint density at radius 1 is 0.198 bits per heavy atom. The summed E-state index contributed by atoms with van der Waals surface area (Å²) in [5, 5.41) is 4.50. The van der Waals surface area contributed by atoms with E-state index in [0.717, 1.165) is 161 Å². The first-order valence-corrected chi connectivity index (χ1v) is 36.0. The van der Waals surface area contributed by atoms with Crippen LogP contribution in [0, 0.1) is 20.8 Å². The maximum Gasteiger partial charge on any atom is 0.160 e. The zero-order chi connectivity index (χ0) is 71.6. The van der Waals surface area contributed by atoms with Crippen molar-refractivity contribution in [2.45, 2.75) is 40.5 Å². The van der Waals surface area contributed by atoms with Crippen LogP contribution in [-0.2, 0) is 0 Å². The summed E-state index contributed by atoms with van der Waals surface area (Å²) in [6.45, 7) is 10.7. The number of aromatic nitrogens is 8. The van der Waals surface area contributed by atoms with Crippen LogP contribution in [0.4, 0.5) is 0 Å². The van der Waals surface area contributed by atoms with Crippen molar-refractivity contribution in [1.82, 2.24) is 39.9 Å². The quantitative estimate of drug-likeness (QED) is 0.105. The molecule has 0 radical (unpaired) electrons. The standard InChI is InChI=1S/C50H38N4.C48H34N4/c1-32(2)44-29-27-41-26-28-43-33(3)30-45(52-49(43)48(41)51-44)38-20-16-36(17-21-38)37-18-24-40(25-19-37)47-31-46(53-50(54-47)42-12-8-5-9-13-42)39-22-14-35(15-23-39)34-10-6-4-7-11-34;1-31-29-43(50-47-42(31)28-27-40-14-13-32(2)49-46(40)47)38-21-15-35(16-22-38)36-17-23-39(24-18-36)45-30-44(37-11-7-4-8-12-37)51-48(52-45)41-25-19-34(20-26-41)33-9-5-3-6-10-33/h4-32H,1-3H3;3-30H,1-2H3. The summed E-state index contributed by atoms with van der Waals surface area (Å²) in [6, 6.07) is 119. The van der Waals surface area contributed by atoms with E-state index in [4.69, 9.17) is 39.9 Å². The molecule has 0 saturated carbocycles. The monoisotopic (exact) mass is 1360 g/mol. The van der Waals surface area contributed by atoms with E-state index in [1.165, 1.54) is 27.8 Å². The highest BCUT2D eigenvalue weighted by atomic mass is 14.9. The van der Waals surface area contributed by atoms with E-state index in [0.29, 0.717) is 17.6 Å². The molecule has 12 aromatic carbocycles. The topological polar surface area (TPSA) is 103 Å². The number of aryl methyl sites for hydroxylation is 3. The van der Waals surface area contributed by atoms with Crippen LogP contribution in [0.5, 0.6) is 0 Å². The van der Waals surface area contributed by atoms with Crippen molar-refractivity contribution >= 4 is 43.6 Å². The number of nitrogens with zero attached hydrogens (tertiary/aromatic N) is 8. The van der Waals surface area contributed by atoms with Gasteiger partial charge in [0, 0.05) is 77.4 Å². The minimum atomic E-state index is 0.351. The summed E-state index contributed by atoms with van der Waals surface area (Å²) < 4.78 is 0. The molecule has 504 valence electrons. The van der Waals surface area contributed by atoms with Gasteiger partial charge < -0.3 is 0 Å². The van der Waals surface area contributed by atoms with E-state index in [9.17, 15) is 0 Å². The predicted molar refractivity (Wildman–Crippen MR) is 439 cm³/mol. The lowest BCUT2D eigenvalue weighted by Gasteiger charge is -2.12. The highest BCUT2D eigenvalue weighted by molar-refractivity contribution is 6.06. The second kappa shape index (κ2) is 28.7. The molecule has 106 heavy (non-hydrogen) atoms. The van der Waals surface area contributed by atoms with Gasteiger partial charge in [0.05, 0.1) is 56.2 Å². The first-order valence-electron chi connectivity index (χ1n) is 36.0. The van der Waals surface area contributed by atoms with Crippen LogP contribution < -0.4 is 0 Å². The van der Waals surface area contributed by atoms with Crippen molar-refractivity contribution in [3.8, 4) is 135 Å². The summed E-state index contributed by atoms with van der Waals surface area (Å²) in [6.07, 6.45) is 0. The van der Waals surface area contributed by atoms with Crippen molar-refractivity contribution < 1.29 is 0 Å². The molecular formula is C98H72N8. The van der Waals surface area contributed by atoms with Crippen LogP contribution in [0.15, 0.2) is 340 Å². The molecule has 0 saturated heterocycles. The number of hydrogen-bond acceptors (Lipinski definition) is 8. The third-order valence-electron chi connectivity index (χ3n) is 19.9. The van der Waals surface area contributed by atoms with Crippen molar-refractivity contribution in [2.24, 2.45) is 0 Å². The van der Waals surface area contributed by atoms with Crippen LogP contribution in [0.2, 0.25) is 0 Å². The Morgan fingerprint density at radius 2 is 0.453 bits per heavy atom. The highest BCUT2D eigenvalue weighted by Crippen LogP contribution is 2.37. The molecule has 0 fully saturated rings. The molecule has 0 unspecified atom stereocenters. The maximum absolute atomic E-state index is 5.18. The Bertz CT molecular complexity index is 6230. The molecule has 6 aromatic heterocycles. The Hall–Kier alpha value is -13.6. The third-order valence-corrected chi connectivity index (χ3v) is 19.9. The summed E-state index contributed by atoms with van der Waals surface area (Å²) in [5.74, 6) is 1.76. The molecule has 18 rings (SSSR count). The number of pyridine rings is 4. The molecule has 0 spiro atoms. The van der Waals surface area contributed by atoms with Gasteiger partial charge in [-0.2, -0.15) is 0 Å². The number of rotatable bonds is 13. The van der Waals surface area contributed by atoms with Crippen molar-refractivity contribution in [1.29, 1.82) is 0 Å². The number of hydrogen-bond donors (Lipinski definition) is 0.